The van der Waals surface area contributed by atoms with E-state index in [-0.39, 0.29) is 17.8 Å². The Labute approximate surface area is 198 Å². The number of nitrogens with zero attached hydrogens (tertiary/aromatic N) is 1. The van der Waals surface area contributed by atoms with E-state index in [1.165, 1.54) is 17.7 Å². The van der Waals surface area contributed by atoms with Crippen molar-refractivity contribution in [2.24, 2.45) is 0 Å². The number of nitrogens with one attached hydrogen (secondary N) is 1. The third-order valence-corrected chi connectivity index (χ3v) is 6.04. The number of halogens is 2. The van der Waals surface area contributed by atoms with Crippen molar-refractivity contribution >= 4 is 17.5 Å². The van der Waals surface area contributed by atoms with Crippen LogP contribution in [0.1, 0.15) is 35.0 Å². The second-order valence-electron chi connectivity index (χ2n) is 8.25. The Morgan fingerprint density at radius 3 is 2.42 bits per heavy atom. The van der Waals surface area contributed by atoms with Gasteiger partial charge in [-0.1, -0.05) is 60.1 Å². The van der Waals surface area contributed by atoms with Crippen LogP contribution < -0.4 is 5.32 Å². The molecule has 0 aliphatic rings. The normalized spacial score (nSPS) is 11.9. The Balaban J connectivity index is 1.63. The van der Waals surface area contributed by atoms with Crippen LogP contribution >= 0.6 is 11.6 Å². The molecule has 168 valence electrons. The van der Waals surface area contributed by atoms with E-state index in [4.69, 9.17) is 11.6 Å². The number of benzene rings is 3. The smallest absolute Gasteiger partial charge is 0.253 e. The lowest BCUT2D eigenvalue weighted by molar-refractivity contribution is 0.0938. The van der Waals surface area contributed by atoms with Crippen molar-refractivity contribution in [2.45, 2.75) is 32.7 Å². The van der Waals surface area contributed by atoms with E-state index >= 15 is 0 Å². The molecule has 0 aliphatic heterocycles. The molecule has 0 fully saturated rings. The number of aromatic nitrogens is 1. The maximum absolute atomic E-state index is 14.0. The van der Waals surface area contributed by atoms with Crippen LogP contribution in [-0.2, 0) is 6.42 Å². The molecule has 1 atom stereocenters. The highest BCUT2D eigenvalue weighted by Crippen LogP contribution is 2.30. The number of aryl methyl sites for hydroxylation is 1. The molecular weight excluding hydrogens is 435 g/mol. The zero-order valence-electron chi connectivity index (χ0n) is 18.7. The van der Waals surface area contributed by atoms with Gasteiger partial charge in [-0.05, 0) is 74.2 Å². The SMILES string of the molecule is Cc1c(C(=O)NC(C)CCc2ccccc2)cc(-c2ccc(Cl)cc2)n1-c1cccc(F)c1. The van der Waals surface area contributed by atoms with Crippen molar-refractivity contribution in [3.63, 3.8) is 0 Å². The van der Waals surface area contributed by atoms with Gasteiger partial charge in [-0.15, -0.1) is 0 Å². The molecule has 1 heterocycles. The van der Waals surface area contributed by atoms with Crippen molar-refractivity contribution in [1.29, 1.82) is 0 Å². The van der Waals surface area contributed by atoms with Crippen LogP contribution in [0.15, 0.2) is 84.9 Å². The highest BCUT2D eigenvalue weighted by molar-refractivity contribution is 6.30. The van der Waals surface area contributed by atoms with E-state index in [0.29, 0.717) is 16.3 Å². The molecule has 1 N–H and O–H groups in total. The van der Waals surface area contributed by atoms with Gasteiger partial charge in [0.1, 0.15) is 5.82 Å². The first-order chi connectivity index (χ1) is 15.9. The zero-order valence-corrected chi connectivity index (χ0v) is 19.4. The molecule has 0 radical (unpaired) electrons. The van der Waals surface area contributed by atoms with Crippen molar-refractivity contribution in [3.05, 3.63) is 113 Å². The summed E-state index contributed by atoms with van der Waals surface area (Å²) in [4.78, 5) is 13.2. The van der Waals surface area contributed by atoms with Crippen LogP contribution in [0.5, 0.6) is 0 Å². The third-order valence-electron chi connectivity index (χ3n) is 5.78. The standard InChI is InChI=1S/C28H26ClFN2O/c1-19(11-12-21-7-4-3-5-8-21)31-28(33)26-18-27(22-13-15-23(29)16-14-22)32(20(26)2)25-10-6-9-24(30)17-25/h3-10,13-19H,11-12H2,1-2H3,(H,31,33). The fourth-order valence-electron chi connectivity index (χ4n) is 4.02. The van der Waals surface area contributed by atoms with Crippen LogP contribution in [0.4, 0.5) is 4.39 Å². The van der Waals surface area contributed by atoms with Gasteiger partial charge in [0.25, 0.3) is 5.91 Å². The molecular formula is C28H26ClFN2O. The third kappa shape index (κ3) is 5.35. The first kappa shape index (κ1) is 22.8. The lowest BCUT2D eigenvalue weighted by Gasteiger charge is -2.15. The van der Waals surface area contributed by atoms with Gasteiger partial charge in [-0.25, -0.2) is 4.39 Å². The summed E-state index contributed by atoms with van der Waals surface area (Å²) in [5.74, 6) is -0.471. The molecule has 0 saturated carbocycles. The maximum Gasteiger partial charge on any atom is 0.253 e. The predicted octanol–water partition coefficient (Wildman–Crippen LogP) is 7.00. The highest BCUT2D eigenvalue weighted by atomic mass is 35.5. The first-order valence-corrected chi connectivity index (χ1v) is 11.4. The van der Waals surface area contributed by atoms with Crippen molar-refractivity contribution in [1.82, 2.24) is 9.88 Å². The van der Waals surface area contributed by atoms with Crippen molar-refractivity contribution < 1.29 is 9.18 Å². The largest absolute Gasteiger partial charge is 0.350 e. The lowest BCUT2D eigenvalue weighted by Crippen LogP contribution is -2.33. The van der Waals surface area contributed by atoms with Gasteiger partial charge in [0, 0.05) is 22.4 Å². The van der Waals surface area contributed by atoms with E-state index in [1.54, 1.807) is 18.2 Å². The summed E-state index contributed by atoms with van der Waals surface area (Å²) in [5.41, 5.74) is 4.92. The first-order valence-electron chi connectivity index (χ1n) is 11.0. The number of amides is 1. The highest BCUT2D eigenvalue weighted by Gasteiger charge is 2.21. The number of hydrogen-bond acceptors (Lipinski definition) is 1. The Bertz CT molecular complexity index is 1250. The molecule has 3 nitrogen and oxygen atoms in total. The minimum Gasteiger partial charge on any atom is -0.350 e. The van der Waals surface area contributed by atoms with Crippen molar-refractivity contribution in [3.8, 4) is 16.9 Å². The molecule has 4 aromatic rings. The molecule has 1 unspecified atom stereocenters. The average molecular weight is 461 g/mol. The van der Waals surface area contributed by atoms with Gasteiger partial charge < -0.3 is 9.88 Å². The van der Waals surface area contributed by atoms with Gasteiger partial charge in [0.15, 0.2) is 0 Å². The van der Waals surface area contributed by atoms with Gasteiger partial charge in [0.2, 0.25) is 0 Å². The molecule has 1 amide bonds. The topological polar surface area (TPSA) is 34.0 Å². The Kier molecular flexibility index (Phi) is 6.95. The molecule has 4 rings (SSSR count). The maximum atomic E-state index is 14.0. The predicted molar refractivity (Wildman–Crippen MR) is 133 cm³/mol. The minimum absolute atomic E-state index is 0.00797. The molecule has 0 saturated heterocycles. The minimum atomic E-state index is -0.330. The Morgan fingerprint density at radius 1 is 1.00 bits per heavy atom. The van der Waals surface area contributed by atoms with Crippen LogP contribution in [0.25, 0.3) is 16.9 Å². The summed E-state index contributed by atoms with van der Waals surface area (Å²) in [6.45, 7) is 3.90. The summed E-state index contributed by atoms with van der Waals surface area (Å²) in [5, 5.41) is 3.75. The van der Waals surface area contributed by atoms with E-state index in [0.717, 1.165) is 29.8 Å². The van der Waals surface area contributed by atoms with Gasteiger partial charge in [0.05, 0.1) is 11.3 Å². The molecule has 5 heteroatoms. The molecule has 33 heavy (non-hydrogen) atoms. The summed E-state index contributed by atoms with van der Waals surface area (Å²) in [6.07, 6.45) is 1.73. The fourth-order valence-corrected chi connectivity index (χ4v) is 4.15. The number of carbonyl (C=O) groups is 1. The molecule has 0 spiro atoms. The van der Waals surface area contributed by atoms with Crippen molar-refractivity contribution in [2.75, 3.05) is 0 Å². The van der Waals surface area contributed by atoms with E-state index < -0.39 is 0 Å². The van der Waals surface area contributed by atoms with Gasteiger partial charge >= 0.3 is 0 Å². The molecule has 3 aromatic carbocycles. The van der Waals surface area contributed by atoms with Crippen LogP contribution in [0, 0.1) is 12.7 Å². The second kappa shape index (κ2) is 10.1. The Morgan fingerprint density at radius 2 is 1.73 bits per heavy atom. The number of hydrogen-bond donors (Lipinski definition) is 1. The quantitative estimate of drug-likeness (QED) is 0.316. The molecule has 1 aromatic heterocycles. The monoisotopic (exact) mass is 460 g/mol. The van der Waals surface area contributed by atoms with Gasteiger partial charge in [-0.2, -0.15) is 0 Å². The second-order valence-corrected chi connectivity index (χ2v) is 8.69. The molecule has 0 aliphatic carbocycles. The van der Waals surface area contributed by atoms with Crippen LogP contribution in [0.3, 0.4) is 0 Å². The summed E-state index contributed by atoms with van der Waals surface area (Å²) < 4.78 is 15.9. The zero-order chi connectivity index (χ0) is 23.4. The van der Waals surface area contributed by atoms with Crippen LogP contribution in [-0.4, -0.2) is 16.5 Å². The summed E-state index contributed by atoms with van der Waals surface area (Å²) in [7, 11) is 0. The average Bonchev–Trinajstić information content (AvgIpc) is 3.16. The lowest BCUT2D eigenvalue weighted by atomic mass is 10.1. The summed E-state index contributed by atoms with van der Waals surface area (Å²) in [6, 6.07) is 25.9. The fraction of sp³-hybridized carbons (Fsp3) is 0.179. The molecule has 0 bridgehead atoms. The van der Waals surface area contributed by atoms with E-state index in [2.05, 4.69) is 17.4 Å². The van der Waals surface area contributed by atoms with Crippen LogP contribution in [0.2, 0.25) is 5.02 Å². The number of carbonyl (C=O) groups excluding carboxylic acids is 1. The van der Waals surface area contributed by atoms with Gasteiger partial charge in [-0.3, -0.25) is 4.79 Å². The Hall–Kier alpha value is -3.37. The van der Waals surface area contributed by atoms with E-state index in [9.17, 15) is 9.18 Å². The summed E-state index contributed by atoms with van der Waals surface area (Å²) >= 11 is 6.07. The number of rotatable bonds is 7. The van der Waals surface area contributed by atoms with E-state index in [1.807, 2.05) is 60.9 Å².